The highest BCUT2D eigenvalue weighted by Crippen LogP contribution is 2.35. The largest absolute Gasteiger partial charge is 0.458 e. The first kappa shape index (κ1) is 15.0. The molecule has 1 saturated carbocycles. The summed E-state index contributed by atoms with van der Waals surface area (Å²) in [6.07, 6.45) is 3.22. The van der Waals surface area contributed by atoms with E-state index < -0.39 is 0 Å². The molecule has 0 saturated heterocycles. The summed E-state index contributed by atoms with van der Waals surface area (Å²) in [6, 6.07) is 5.54. The van der Waals surface area contributed by atoms with Crippen LogP contribution in [0.25, 0.3) is 0 Å². The molecular weight excluding hydrogens is 255 g/mol. The molecule has 1 aromatic rings. The van der Waals surface area contributed by atoms with E-state index in [1.165, 1.54) is 30.7 Å². The summed E-state index contributed by atoms with van der Waals surface area (Å²) < 4.78 is 18.6. The van der Waals surface area contributed by atoms with Gasteiger partial charge in [-0.1, -0.05) is 27.2 Å². The van der Waals surface area contributed by atoms with E-state index in [1.54, 1.807) is 0 Å². The van der Waals surface area contributed by atoms with E-state index in [9.17, 15) is 9.18 Å². The van der Waals surface area contributed by atoms with Gasteiger partial charge in [0.25, 0.3) is 0 Å². The quantitative estimate of drug-likeness (QED) is 0.764. The van der Waals surface area contributed by atoms with E-state index in [0.717, 1.165) is 12.8 Å². The van der Waals surface area contributed by atoms with Gasteiger partial charge in [0.15, 0.2) is 0 Å². The molecular formula is C17H23FO2. The number of hydrogen-bond donors (Lipinski definition) is 0. The Hall–Kier alpha value is -1.38. The van der Waals surface area contributed by atoms with Gasteiger partial charge in [0.2, 0.25) is 0 Å². The lowest BCUT2D eigenvalue weighted by Gasteiger charge is -2.36. The zero-order valence-electron chi connectivity index (χ0n) is 12.4. The molecule has 1 aromatic carbocycles. The number of rotatable bonds is 3. The van der Waals surface area contributed by atoms with Crippen LogP contribution in [0.2, 0.25) is 0 Å². The van der Waals surface area contributed by atoms with Crippen LogP contribution in [0.4, 0.5) is 4.39 Å². The SMILES string of the molecule is CC(C)[C@@H]1CC[C@@H](C)C[C@H]1OC(=O)c1ccc(F)cc1. The Labute approximate surface area is 120 Å². The molecule has 0 radical (unpaired) electrons. The molecule has 0 heterocycles. The van der Waals surface area contributed by atoms with Crippen molar-refractivity contribution in [2.75, 3.05) is 0 Å². The number of carbonyl (C=O) groups is 1. The summed E-state index contributed by atoms with van der Waals surface area (Å²) in [5.74, 6) is 0.850. The molecule has 0 unspecified atom stereocenters. The van der Waals surface area contributed by atoms with Crippen molar-refractivity contribution in [1.82, 2.24) is 0 Å². The Morgan fingerprint density at radius 3 is 2.50 bits per heavy atom. The van der Waals surface area contributed by atoms with Crippen LogP contribution in [0, 0.1) is 23.6 Å². The third kappa shape index (κ3) is 3.59. The molecule has 1 fully saturated rings. The fraction of sp³-hybridized carbons (Fsp3) is 0.588. The van der Waals surface area contributed by atoms with E-state index in [0.29, 0.717) is 23.3 Å². The Kier molecular flexibility index (Phi) is 4.79. The van der Waals surface area contributed by atoms with Crippen molar-refractivity contribution in [2.45, 2.75) is 46.1 Å². The molecule has 2 nitrogen and oxygen atoms in total. The van der Waals surface area contributed by atoms with E-state index in [1.807, 2.05) is 0 Å². The molecule has 0 amide bonds. The summed E-state index contributed by atoms with van der Waals surface area (Å²) in [4.78, 5) is 12.2. The summed E-state index contributed by atoms with van der Waals surface area (Å²) >= 11 is 0. The van der Waals surface area contributed by atoms with Gasteiger partial charge in [0.1, 0.15) is 11.9 Å². The Bertz CT molecular complexity index is 453. The van der Waals surface area contributed by atoms with Gasteiger partial charge in [-0.2, -0.15) is 0 Å². The van der Waals surface area contributed by atoms with Gasteiger partial charge in [-0.05, 0) is 54.9 Å². The normalized spacial score (nSPS) is 26.6. The predicted octanol–water partition coefficient (Wildman–Crippen LogP) is 4.44. The zero-order valence-corrected chi connectivity index (χ0v) is 12.4. The van der Waals surface area contributed by atoms with Gasteiger partial charge in [-0.3, -0.25) is 0 Å². The summed E-state index contributed by atoms with van der Waals surface area (Å²) in [5, 5.41) is 0. The number of ether oxygens (including phenoxy) is 1. The summed E-state index contributed by atoms with van der Waals surface area (Å²) in [7, 11) is 0. The standard InChI is InChI=1S/C17H23FO2/c1-11(2)15-9-4-12(3)10-16(15)20-17(19)13-5-7-14(18)8-6-13/h5-8,11-12,15-16H,4,9-10H2,1-3H3/t12-,15+,16-/m1/s1. The smallest absolute Gasteiger partial charge is 0.338 e. The van der Waals surface area contributed by atoms with Gasteiger partial charge in [-0.25, -0.2) is 9.18 Å². The van der Waals surface area contributed by atoms with Gasteiger partial charge in [0.05, 0.1) is 5.56 Å². The maximum Gasteiger partial charge on any atom is 0.338 e. The molecule has 20 heavy (non-hydrogen) atoms. The first-order valence-corrected chi connectivity index (χ1v) is 7.44. The Morgan fingerprint density at radius 2 is 1.90 bits per heavy atom. The lowest BCUT2D eigenvalue weighted by atomic mass is 9.75. The number of hydrogen-bond acceptors (Lipinski definition) is 2. The molecule has 0 N–H and O–H groups in total. The Morgan fingerprint density at radius 1 is 1.25 bits per heavy atom. The highest BCUT2D eigenvalue weighted by Gasteiger charge is 2.33. The number of halogens is 1. The lowest BCUT2D eigenvalue weighted by Crippen LogP contribution is -2.35. The third-order valence-corrected chi connectivity index (χ3v) is 4.30. The maximum atomic E-state index is 12.9. The second-order valence-corrected chi connectivity index (χ2v) is 6.28. The minimum absolute atomic E-state index is 0.0173. The van der Waals surface area contributed by atoms with Crippen LogP contribution in [0.1, 0.15) is 50.4 Å². The van der Waals surface area contributed by atoms with E-state index >= 15 is 0 Å². The second-order valence-electron chi connectivity index (χ2n) is 6.28. The van der Waals surface area contributed by atoms with Crippen molar-refractivity contribution in [1.29, 1.82) is 0 Å². The summed E-state index contributed by atoms with van der Waals surface area (Å²) in [6.45, 7) is 6.56. The van der Waals surface area contributed by atoms with Crippen molar-refractivity contribution in [2.24, 2.45) is 17.8 Å². The van der Waals surface area contributed by atoms with Gasteiger partial charge >= 0.3 is 5.97 Å². The average Bonchev–Trinajstić information content (AvgIpc) is 2.39. The minimum Gasteiger partial charge on any atom is -0.458 e. The van der Waals surface area contributed by atoms with Gasteiger partial charge in [-0.15, -0.1) is 0 Å². The molecule has 0 aromatic heterocycles. The second kappa shape index (κ2) is 6.38. The lowest BCUT2D eigenvalue weighted by molar-refractivity contribution is -0.0174. The van der Waals surface area contributed by atoms with Crippen LogP contribution in [0.15, 0.2) is 24.3 Å². The van der Waals surface area contributed by atoms with Crippen LogP contribution < -0.4 is 0 Å². The molecule has 1 aliphatic carbocycles. The molecule has 0 spiro atoms. The fourth-order valence-corrected chi connectivity index (χ4v) is 3.04. The fourth-order valence-electron chi connectivity index (χ4n) is 3.04. The van der Waals surface area contributed by atoms with Crippen LogP contribution in [-0.2, 0) is 4.74 Å². The predicted molar refractivity (Wildman–Crippen MR) is 76.9 cm³/mol. The Balaban J connectivity index is 2.05. The van der Waals surface area contributed by atoms with Crippen molar-refractivity contribution < 1.29 is 13.9 Å². The number of esters is 1. The monoisotopic (exact) mass is 278 g/mol. The van der Waals surface area contributed by atoms with Gasteiger partial charge in [0, 0.05) is 0 Å². The number of carbonyl (C=O) groups excluding carboxylic acids is 1. The molecule has 1 aliphatic rings. The van der Waals surface area contributed by atoms with E-state index in [4.69, 9.17) is 4.74 Å². The van der Waals surface area contributed by atoms with Crippen molar-refractivity contribution in [3.63, 3.8) is 0 Å². The molecule has 3 heteroatoms. The van der Waals surface area contributed by atoms with Gasteiger partial charge < -0.3 is 4.74 Å². The molecule has 0 aliphatic heterocycles. The van der Waals surface area contributed by atoms with Crippen LogP contribution in [0.5, 0.6) is 0 Å². The molecule has 0 bridgehead atoms. The van der Waals surface area contributed by atoms with E-state index in [-0.39, 0.29) is 17.9 Å². The average molecular weight is 278 g/mol. The van der Waals surface area contributed by atoms with E-state index in [2.05, 4.69) is 20.8 Å². The minimum atomic E-state index is -0.340. The molecule has 2 rings (SSSR count). The molecule has 110 valence electrons. The topological polar surface area (TPSA) is 26.3 Å². The first-order valence-electron chi connectivity index (χ1n) is 7.44. The van der Waals surface area contributed by atoms with Crippen LogP contribution in [0.3, 0.4) is 0 Å². The first-order chi connectivity index (χ1) is 9.47. The third-order valence-electron chi connectivity index (χ3n) is 4.30. The highest BCUT2D eigenvalue weighted by atomic mass is 19.1. The zero-order chi connectivity index (χ0) is 14.7. The van der Waals surface area contributed by atoms with Crippen LogP contribution in [-0.4, -0.2) is 12.1 Å². The van der Waals surface area contributed by atoms with Crippen LogP contribution >= 0.6 is 0 Å². The van der Waals surface area contributed by atoms with Crippen molar-refractivity contribution in [3.05, 3.63) is 35.6 Å². The highest BCUT2D eigenvalue weighted by molar-refractivity contribution is 5.89. The number of benzene rings is 1. The summed E-state index contributed by atoms with van der Waals surface area (Å²) in [5.41, 5.74) is 0.423. The molecule has 3 atom stereocenters. The van der Waals surface area contributed by atoms with Crippen molar-refractivity contribution >= 4 is 5.97 Å². The maximum absolute atomic E-state index is 12.9. The van der Waals surface area contributed by atoms with Crippen molar-refractivity contribution in [3.8, 4) is 0 Å².